The van der Waals surface area contributed by atoms with Crippen molar-refractivity contribution in [3.8, 4) is 0 Å². The fourth-order valence-electron chi connectivity index (χ4n) is 2.90. The maximum absolute atomic E-state index is 6.05. The Morgan fingerprint density at radius 3 is 2.90 bits per heavy atom. The molecule has 0 radical (unpaired) electrons. The fourth-order valence-corrected chi connectivity index (χ4v) is 2.90. The van der Waals surface area contributed by atoms with E-state index in [1.54, 1.807) is 0 Å². The van der Waals surface area contributed by atoms with Gasteiger partial charge in [0, 0.05) is 6.42 Å². The normalized spacial score (nSPS) is 18.8. The predicted octanol–water partition coefficient (Wildman–Crippen LogP) is 5.99. The molecule has 2 atom stereocenters. The zero-order valence-corrected chi connectivity index (χ0v) is 13.0. The summed E-state index contributed by atoms with van der Waals surface area (Å²) in [7, 11) is 0. The van der Waals surface area contributed by atoms with E-state index < -0.39 is 0 Å². The highest BCUT2D eigenvalue weighted by Crippen LogP contribution is 2.37. The molecule has 0 fully saturated rings. The summed E-state index contributed by atoms with van der Waals surface area (Å²) in [4.78, 5) is 0. The third-order valence-corrected chi connectivity index (χ3v) is 4.07. The summed E-state index contributed by atoms with van der Waals surface area (Å²) >= 11 is 0. The van der Waals surface area contributed by atoms with Gasteiger partial charge in [0.1, 0.15) is 6.10 Å². The Morgan fingerprint density at radius 1 is 1.40 bits per heavy atom. The smallest absolute Gasteiger partial charge is 0.121 e. The Labute approximate surface area is 123 Å². The summed E-state index contributed by atoms with van der Waals surface area (Å²) in [6, 6.07) is 6.59. The molecule has 0 aliphatic carbocycles. The number of allylic oxidation sites excluding steroid dienone is 2. The first kappa shape index (κ1) is 14.9. The van der Waals surface area contributed by atoms with Crippen molar-refractivity contribution in [3.05, 3.63) is 53.3 Å². The van der Waals surface area contributed by atoms with Crippen LogP contribution < -0.4 is 0 Å². The molecule has 20 heavy (non-hydrogen) atoms. The number of ether oxygens (including phenoxy) is 1. The van der Waals surface area contributed by atoms with Crippen molar-refractivity contribution in [2.24, 2.45) is 0 Å². The number of hydrogen-bond donors (Lipinski definition) is 0. The summed E-state index contributed by atoms with van der Waals surface area (Å²) in [5.41, 5.74) is 4.12. The molecule has 1 heterocycles. The van der Waals surface area contributed by atoms with E-state index in [0.717, 1.165) is 18.6 Å². The van der Waals surface area contributed by atoms with Crippen LogP contribution in [0.25, 0.3) is 6.08 Å². The molecule has 2 rings (SSSR count). The van der Waals surface area contributed by atoms with E-state index in [4.69, 9.17) is 4.74 Å². The van der Waals surface area contributed by atoms with Crippen LogP contribution in [-0.4, -0.2) is 0 Å². The average Bonchev–Trinajstić information content (AvgIpc) is 2.45. The molecule has 1 aliphatic rings. The fraction of sp³-hybridized carbons (Fsp3) is 0.474. The number of fused-ring (bicyclic) bond motifs is 1. The highest BCUT2D eigenvalue weighted by atomic mass is 16.5. The number of unbranched alkanes of at least 4 members (excludes halogenated alkanes) is 1. The van der Waals surface area contributed by atoms with Crippen molar-refractivity contribution in [3.63, 3.8) is 0 Å². The first-order chi connectivity index (χ1) is 9.67. The summed E-state index contributed by atoms with van der Waals surface area (Å²) in [6.45, 7) is 10.5. The van der Waals surface area contributed by atoms with Crippen LogP contribution in [-0.2, 0) is 4.74 Å². The van der Waals surface area contributed by atoms with E-state index in [1.807, 2.05) is 6.08 Å². The van der Waals surface area contributed by atoms with Gasteiger partial charge < -0.3 is 4.74 Å². The zero-order chi connectivity index (χ0) is 14.5. The van der Waals surface area contributed by atoms with Gasteiger partial charge in [0.2, 0.25) is 0 Å². The van der Waals surface area contributed by atoms with Crippen molar-refractivity contribution in [1.29, 1.82) is 0 Å². The van der Waals surface area contributed by atoms with Crippen molar-refractivity contribution >= 4 is 6.08 Å². The van der Waals surface area contributed by atoms with Gasteiger partial charge in [-0.15, -0.1) is 6.58 Å². The second kappa shape index (κ2) is 6.78. The molecule has 1 aromatic carbocycles. The maximum atomic E-state index is 6.05. The van der Waals surface area contributed by atoms with Crippen LogP contribution in [0.4, 0.5) is 0 Å². The van der Waals surface area contributed by atoms with Gasteiger partial charge in [0.15, 0.2) is 0 Å². The van der Waals surface area contributed by atoms with Crippen molar-refractivity contribution < 1.29 is 4.74 Å². The van der Waals surface area contributed by atoms with Gasteiger partial charge in [-0.2, -0.15) is 0 Å². The molecule has 1 nitrogen and oxygen atoms in total. The van der Waals surface area contributed by atoms with Crippen LogP contribution in [0, 0.1) is 0 Å². The number of rotatable bonds is 6. The van der Waals surface area contributed by atoms with Gasteiger partial charge in [-0.05, 0) is 48.4 Å². The Morgan fingerprint density at radius 2 is 2.20 bits per heavy atom. The summed E-state index contributed by atoms with van der Waals surface area (Å²) in [6.07, 6.45) is 8.90. The summed E-state index contributed by atoms with van der Waals surface area (Å²) < 4.78 is 6.05. The second-order valence-electron chi connectivity index (χ2n) is 5.75. The molecule has 1 aliphatic heterocycles. The molecule has 0 N–H and O–H groups in total. The Bertz CT molecular complexity index is 498. The molecule has 1 aromatic rings. The molecule has 0 spiro atoms. The van der Waals surface area contributed by atoms with E-state index in [0.29, 0.717) is 5.92 Å². The van der Waals surface area contributed by atoms with E-state index in [9.17, 15) is 0 Å². The van der Waals surface area contributed by atoms with Crippen LogP contribution in [0.1, 0.15) is 75.2 Å². The first-order valence-corrected chi connectivity index (χ1v) is 7.78. The molecule has 0 saturated carbocycles. The molecule has 0 amide bonds. The molecule has 0 saturated heterocycles. The topological polar surface area (TPSA) is 9.23 Å². The molecular weight excluding hydrogens is 244 g/mol. The second-order valence-corrected chi connectivity index (χ2v) is 5.75. The molecule has 0 unspecified atom stereocenters. The Balaban J connectivity index is 2.38. The molecule has 0 bridgehead atoms. The lowest BCUT2D eigenvalue weighted by atomic mass is 9.87. The van der Waals surface area contributed by atoms with Crippen molar-refractivity contribution in [1.82, 2.24) is 0 Å². The van der Waals surface area contributed by atoms with Gasteiger partial charge in [-0.25, -0.2) is 0 Å². The Kier molecular flexibility index (Phi) is 5.05. The predicted molar refractivity (Wildman–Crippen MR) is 86.7 cm³/mol. The highest BCUT2D eigenvalue weighted by molar-refractivity contribution is 5.62. The van der Waals surface area contributed by atoms with Gasteiger partial charge in [0.05, 0.1) is 5.76 Å². The zero-order valence-electron chi connectivity index (χ0n) is 13.0. The lowest BCUT2D eigenvalue weighted by molar-refractivity contribution is 0.123. The van der Waals surface area contributed by atoms with Crippen LogP contribution in [0.3, 0.4) is 0 Å². The molecule has 1 heteroatoms. The summed E-state index contributed by atoms with van der Waals surface area (Å²) in [5.74, 6) is 1.65. The Hall–Kier alpha value is -1.50. The third kappa shape index (κ3) is 3.15. The van der Waals surface area contributed by atoms with E-state index in [1.165, 1.54) is 29.5 Å². The third-order valence-electron chi connectivity index (χ3n) is 4.07. The van der Waals surface area contributed by atoms with E-state index in [-0.39, 0.29) is 6.10 Å². The van der Waals surface area contributed by atoms with Gasteiger partial charge >= 0.3 is 0 Å². The lowest BCUT2D eigenvalue weighted by Gasteiger charge is -2.27. The van der Waals surface area contributed by atoms with E-state index >= 15 is 0 Å². The molecule has 0 aromatic heterocycles. The van der Waals surface area contributed by atoms with Crippen LogP contribution in [0.15, 0.2) is 36.6 Å². The van der Waals surface area contributed by atoms with Gasteiger partial charge in [-0.3, -0.25) is 0 Å². The van der Waals surface area contributed by atoms with Crippen molar-refractivity contribution in [2.45, 2.75) is 58.5 Å². The van der Waals surface area contributed by atoms with Crippen LogP contribution in [0.5, 0.6) is 0 Å². The van der Waals surface area contributed by atoms with E-state index in [2.05, 4.69) is 51.6 Å². The van der Waals surface area contributed by atoms with Gasteiger partial charge in [0.25, 0.3) is 0 Å². The molecule has 108 valence electrons. The minimum atomic E-state index is 0.165. The molecular formula is C19H26O. The first-order valence-electron chi connectivity index (χ1n) is 7.78. The van der Waals surface area contributed by atoms with Crippen LogP contribution >= 0.6 is 0 Å². The van der Waals surface area contributed by atoms with Gasteiger partial charge in [-0.1, -0.05) is 44.5 Å². The monoisotopic (exact) mass is 270 g/mol. The van der Waals surface area contributed by atoms with Crippen LogP contribution in [0.2, 0.25) is 0 Å². The largest absolute Gasteiger partial charge is 0.490 e. The van der Waals surface area contributed by atoms with Crippen molar-refractivity contribution in [2.75, 3.05) is 0 Å². The average molecular weight is 270 g/mol. The minimum Gasteiger partial charge on any atom is -0.490 e. The highest BCUT2D eigenvalue weighted by Gasteiger charge is 2.21. The maximum Gasteiger partial charge on any atom is 0.121 e. The minimum absolute atomic E-state index is 0.165. The standard InChI is InChI=1S/C19H26O/c1-5-7-10-16-13-19-17(14(3)9-6-2)11-8-12-18(19)15(4)20-16/h6,8,11-15H,2,5,7,9-10H2,1,3-4H3/t14-,15-/m0/s1. The lowest BCUT2D eigenvalue weighted by Crippen LogP contribution is -2.10. The quantitative estimate of drug-likeness (QED) is 0.577. The summed E-state index contributed by atoms with van der Waals surface area (Å²) in [5, 5.41) is 0. The SMILES string of the molecule is C=CC[C@H](C)c1cccc2c1C=C(CCCC)O[C@H]2C. The number of benzene rings is 1. The number of hydrogen-bond acceptors (Lipinski definition) is 1.